The Morgan fingerprint density at radius 2 is 1.82 bits per heavy atom. The number of aromatic nitrogens is 1. The number of carbonyl (C=O) groups excluding carboxylic acids is 1. The molecule has 1 aromatic heterocycles. The minimum atomic E-state index is -0.570. The molecule has 3 rings (SSSR count). The van der Waals surface area contributed by atoms with Crippen molar-refractivity contribution in [2.24, 2.45) is 0 Å². The van der Waals surface area contributed by atoms with Gasteiger partial charge in [-0.15, -0.1) is 0 Å². The zero-order valence-electron chi connectivity index (χ0n) is 12.5. The molecule has 0 amide bonds. The summed E-state index contributed by atoms with van der Waals surface area (Å²) in [6.07, 6.45) is -0.415. The van der Waals surface area contributed by atoms with Crippen molar-refractivity contribution >= 4 is 55.4 Å². The van der Waals surface area contributed by atoms with Gasteiger partial charge in [0.15, 0.2) is 0 Å². The van der Waals surface area contributed by atoms with Crippen LogP contribution in [-0.2, 0) is 4.74 Å². The molecule has 0 N–H and O–H groups in total. The number of halogens is 2. The first kappa shape index (κ1) is 15.4. The number of rotatable bonds is 0. The van der Waals surface area contributed by atoms with Crippen LogP contribution in [0.25, 0.3) is 21.8 Å². The van der Waals surface area contributed by atoms with Crippen LogP contribution < -0.4 is 0 Å². The molecule has 3 nitrogen and oxygen atoms in total. The van der Waals surface area contributed by atoms with Gasteiger partial charge in [0.2, 0.25) is 0 Å². The Labute approximate surface area is 141 Å². The van der Waals surface area contributed by atoms with Gasteiger partial charge in [0.25, 0.3) is 0 Å². The SMILES string of the molecule is CC(C)(C)OC(=O)n1c2ccccc2c2ccc(Cl)c(Br)c21. The number of nitrogens with zero attached hydrogens (tertiary/aromatic N) is 1. The Balaban J connectivity index is 2.39. The van der Waals surface area contributed by atoms with E-state index >= 15 is 0 Å². The van der Waals surface area contributed by atoms with Gasteiger partial charge in [-0.05, 0) is 48.8 Å². The largest absolute Gasteiger partial charge is 0.443 e. The summed E-state index contributed by atoms with van der Waals surface area (Å²) in [6.45, 7) is 5.54. The maximum Gasteiger partial charge on any atom is 0.419 e. The molecule has 1 heterocycles. The molecule has 0 spiro atoms. The van der Waals surface area contributed by atoms with Crippen LogP contribution in [0.2, 0.25) is 5.02 Å². The van der Waals surface area contributed by atoms with E-state index in [1.807, 2.05) is 57.2 Å². The van der Waals surface area contributed by atoms with E-state index in [0.717, 1.165) is 21.8 Å². The third-order valence-corrected chi connectivity index (χ3v) is 4.65. The Morgan fingerprint density at radius 3 is 2.50 bits per heavy atom. The number of fused-ring (bicyclic) bond motifs is 3. The van der Waals surface area contributed by atoms with Gasteiger partial charge in [0.05, 0.1) is 20.5 Å². The van der Waals surface area contributed by atoms with Gasteiger partial charge >= 0.3 is 6.09 Å². The predicted octanol–water partition coefficient (Wildman–Crippen LogP) is 5.99. The molecule has 22 heavy (non-hydrogen) atoms. The van der Waals surface area contributed by atoms with E-state index in [-0.39, 0.29) is 0 Å². The standard InChI is InChI=1S/C17H15BrClNO2/c1-17(2,3)22-16(21)20-13-7-5-4-6-10(13)11-8-9-12(19)14(18)15(11)20/h4-9H,1-3H3. The average Bonchev–Trinajstić information content (AvgIpc) is 2.76. The van der Waals surface area contributed by atoms with Gasteiger partial charge in [0, 0.05) is 10.8 Å². The number of para-hydroxylation sites is 1. The molecular formula is C17H15BrClNO2. The lowest BCUT2D eigenvalue weighted by Crippen LogP contribution is -2.27. The molecule has 0 unspecified atom stereocenters. The summed E-state index contributed by atoms with van der Waals surface area (Å²) in [5, 5.41) is 2.50. The van der Waals surface area contributed by atoms with Crippen molar-refractivity contribution in [1.29, 1.82) is 0 Å². The monoisotopic (exact) mass is 379 g/mol. The Kier molecular flexibility index (Phi) is 3.69. The van der Waals surface area contributed by atoms with E-state index < -0.39 is 11.7 Å². The summed E-state index contributed by atoms with van der Waals surface area (Å²) in [5.74, 6) is 0. The van der Waals surface area contributed by atoms with Crippen molar-refractivity contribution in [3.05, 3.63) is 45.9 Å². The average molecular weight is 381 g/mol. The summed E-state index contributed by atoms with van der Waals surface area (Å²) in [7, 11) is 0. The highest BCUT2D eigenvalue weighted by Gasteiger charge is 2.23. The summed E-state index contributed by atoms with van der Waals surface area (Å²) in [6, 6.07) is 11.5. The quantitative estimate of drug-likeness (QED) is 0.479. The molecule has 3 aromatic rings. The molecule has 0 fully saturated rings. The topological polar surface area (TPSA) is 31.2 Å². The fourth-order valence-corrected chi connectivity index (χ4v) is 3.17. The van der Waals surface area contributed by atoms with E-state index in [4.69, 9.17) is 16.3 Å². The summed E-state index contributed by atoms with van der Waals surface area (Å²) < 4.78 is 7.82. The summed E-state index contributed by atoms with van der Waals surface area (Å²) in [4.78, 5) is 12.7. The van der Waals surface area contributed by atoms with Crippen LogP contribution in [0, 0.1) is 0 Å². The van der Waals surface area contributed by atoms with E-state index in [0.29, 0.717) is 9.50 Å². The third kappa shape index (κ3) is 2.50. The first-order valence-corrected chi connectivity index (χ1v) is 8.07. The van der Waals surface area contributed by atoms with E-state index in [1.165, 1.54) is 0 Å². The van der Waals surface area contributed by atoms with Crippen molar-refractivity contribution in [3.8, 4) is 0 Å². The number of hydrogen-bond acceptors (Lipinski definition) is 2. The van der Waals surface area contributed by atoms with Crippen molar-refractivity contribution in [2.75, 3.05) is 0 Å². The van der Waals surface area contributed by atoms with Gasteiger partial charge in [-0.25, -0.2) is 9.36 Å². The van der Waals surface area contributed by atoms with Gasteiger partial charge < -0.3 is 4.74 Å². The zero-order chi connectivity index (χ0) is 16.1. The number of ether oxygens (including phenoxy) is 1. The van der Waals surface area contributed by atoms with E-state index in [2.05, 4.69) is 15.9 Å². The molecule has 0 aliphatic carbocycles. The molecule has 0 saturated heterocycles. The molecule has 0 bridgehead atoms. The molecule has 2 aromatic carbocycles. The van der Waals surface area contributed by atoms with Crippen LogP contribution in [0.1, 0.15) is 20.8 Å². The zero-order valence-corrected chi connectivity index (χ0v) is 14.8. The fraction of sp³-hybridized carbons (Fsp3) is 0.235. The van der Waals surface area contributed by atoms with Crippen LogP contribution in [0.3, 0.4) is 0 Å². The summed E-state index contributed by atoms with van der Waals surface area (Å²) in [5.41, 5.74) is 0.956. The number of benzene rings is 2. The van der Waals surface area contributed by atoms with Gasteiger partial charge in [-0.3, -0.25) is 0 Å². The molecular weight excluding hydrogens is 366 g/mol. The molecule has 0 radical (unpaired) electrons. The van der Waals surface area contributed by atoms with Gasteiger partial charge in [-0.2, -0.15) is 0 Å². The maximum atomic E-state index is 12.7. The maximum absolute atomic E-state index is 12.7. The van der Waals surface area contributed by atoms with Crippen molar-refractivity contribution in [2.45, 2.75) is 26.4 Å². The Morgan fingerprint density at radius 1 is 1.14 bits per heavy atom. The first-order valence-electron chi connectivity index (χ1n) is 6.90. The van der Waals surface area contributed by atoms with E-state index in [1.54, 1.807) is 4.57 Å². The number of hydrogen-bond donors (Lipinski definition) is 0. The second kappa shape index (κ2) is 5.28. The smallest absolute Gasteiger partial charge is 0.419 e. The molecule has 0 atom stereocenters. The fourth-order valence-electron chi connectivity index (χ4n) is 2.49. The highest BCUT2D eigenvalue weighted by Crippen LogP contribution is 2.37. The number of carbonyl (C=O) groups is 1. The highest BCUT2D eigenvalue weighted by atomic mass is 79.9. The second-order valence-electron chi connectivity index (χ2n) is 6.09. The molecule has 0 saturated carbocycles. The van der Waals surface area contributed by atoms with Crippen LogP contribution >= 0.6 is 27.5 Å². The highest BCUT2D eigenvalue weighted by molar-refractivity contribution is 9.10. The lowest BCUT2D eigenvalue weighted by molar-refractivity contribution is 0.0551. The first-order chi connectivity index (χ1) is 10.3. The summed E-state index contributed by atoms with van der Waals surface area (Å²) >= 11 is 9.71. The molecule has 0 aliphatic rings. The Hall–Kier alpha value is -1.52. The third-order valence-electron chi connectivity index (χ3n) is 3.30. The van der Waals surface area contributed by atoms with Crippen molar-refractivity contribution in [1.82, 2.24) is 4.57 Å². The molecule has 114 valence electrons. The van der Waals surface area contributed by atoms with Crippen LogP contribution in [0.5, 0.6) is 0 Å². The van der Waals surface area contributed by atoms with Crippen molar-refractivity contribution < 1.29 is 9.53 Å². The van der Waals surface area contributed by atoms with Crippen LogP contribution in [0.4, 0.5) is 4.79 Å². The Bertz CT molecular complexity index is 893. The minimum Gasteiger partial charge on any atom is -0.443 e. The second-order valence-corrected chi connectivity index (χ2v) is 7.29. The van der Waals surface area contributed by atoms with E-state index in [9.17, 15) is 4.79 Å². The molecule has 5 heteroatoms. The lowest BCUT2D eigenvalue weighted by atomic mass is 10.1. The van der Waals surface area contributed by atoms with Crippen LogP contribution in [-0.4, -0.2) is 16.3 Å². The van der Waals surface area contributed by atoms with Crippen LogP contribution in [0.15, 0.2) is 40.9 Å². The van der Waals surface area contributed by atoms with Gasteiger partial charge in [-0.1, -0.05) is 35.9 Å². The normalized spacial score (nSPS) is 12.0. The van der Waals surface area contributed by atoms with Crippen molar-refractivity contribution in [3.63, 3.8) is 0 Å². The minimum absolute atomic E-state index is 0.415. The lowest BCUT2D eigenvalue weighted by Gasteiger charge is -2.20. The predicted molar refractivity (Wildman–Crippen MR) is 93.8 cm³/mol. The molecule has 0 aliphatic heterocycles. The van der Waals surface area contributed by atoms with Gasteiger partial charge in [0.1, 0.15) is 5.60 Å².